The monoisotopic (exact) mass is 272 g/mol. The average Bonchev–Trinajstić information content (AvgIpc) is 2.95. The fourth-order valence-corrected chi connectivity index (χ4v) is 3.05. The Balaban J connectivity index is 2.07. The number of hydrogen-bond acceptors (Lipinski definition) is 4. The third-order valence-electron chi connectivity index (χ3n) is 3.07. The number of fused-ring (bicyclic) bond motifs is 1. The fraction of sp³-hybridized carbons (Fsp3) is 0.286. The lowest BCUT2D eigenvalue weighted by molar-refractivity contribution is 0.953. The molecule has 0 radical (unpaired) electrons. The van der Waals surface area contributed by atoms with Gasteiger partial charge < -0.3 is 10.7 Å². The number of nitrogens with zero attached hydrogens (tertiary/aromatic N) is 2. The summed E-state index contributed by atoms with van der Waals surface area (Å²) in [5.74, 6) is 0.836. The van der Waals surface area contributed by atoms with Crippen LogP contribution in [-0.4, -0.2) is 21.5 Å². The SMILES string of the molecule is Cc1cc(C)c2nc(-c3csc(CCN)n3)[nH]c2c1. The summed E-state index contributed by atoms with van der Waals surface area (Å²) in [7, 11) is 0. The zero-order valence-corrected chi connectivity index (χ0v) is 11.8. The van der Waals surface area contributed by atoms with Crippen molar-refractivity contribution in [3.63, 3.8) is 0 Å². The van der Waals surface area contributed by atoms with Crippen molar-refractivity contribution in [1.29, 1.82) is 0 Å². The van der Waals surface area contributed by atoms with Gasteiger partial charge in [0.1, 0.15) is 5.69 Å². The van der Waals surface area contributed by atoms with Crippen molar-refractivity contribution in [1.82, 2.24) is 15.0 Å². The van der Waals surface area contributed by atoms with E-state index in [0.29, 0.717) is 6.54 Å². The number of nitrogens with two attached hydrogens (primary N) is 1. The molecule has 98 valence electrons. The van der Waals surface area contributed by atoms with Crippen molar-refractivity contribution in [3.8, 4) is 11.5 Å². The molecular formula is C14H16N4S. The minimum Gasteiger partial charge on any atom is -0.337 e. The van der Waals surface area contributed by atoms with Gasteiger partial charge in [-0.25, -0.2) is 9.97 Å². The van der Waals surface area contributed by atoms with Gasteiger partial charge >= 0.3 is 0 Å². The Hall–Kier alpha value is -1.72. The van der Waals surface area contributed by atoms with E-state index in [1.807, 2.05) is 5.38 Å². The van der Waals surface area contributed by atoms with Gasteiger partial charge in [0.05, 0.1) is 16.0 Å². The largest absolute Gasteiger partial charge is 0.337 e. The Morgan fingerprint density at radius 3 is 2.89 bits per heavy atom. The Bertz CT molecular complexity index is 726. The van der Waals surface area contributed by atoms with Crippen LogP contribution in [0.4, 0.5) is 0 Å². The molecule has 3 N–H and O–H groups in total. The second-order valence-corrected chi connectivity index (χ2v) is 5.67. The second-order valence-electron chi connectivity index (χ2n) is 4.73. The van der Waals surface area contributed by atoms with E-state index in [4.69, 9.17) is 5.73 Å². The van der Waals surface area contributed by atoms with Crippen LogP contribution in [0.5, 0.6) is 0 Å². The predicted molar refractivity (Wildman–Crippen MR) is 79.4 cm³/mol. The number of rotatable bonds is 3. The maximum atomic E-state index is 5.55. The van der Waals surface area contributed by atoms with Gasteiger partial charge in [0.25, 0.3) is 0 Å². The third-order valence-corrected chi connectivity index (χ3v) is 3.98. The number of aryl methyl sites for hydroxylation is 2. The molecule has 5 heteroatoms. The van der Waals surface area contributed by atoms with Gasteiger partial charge in [-0.05, 0) is 37.6 Å². The number of imidazole rings is 1. The van der Waals surface area contributed by atoms with Crippen molar-refractivity contribution < 1.29 is 0 Å². The van der Waals surface area contributed by atoms with Gasteiger partial charge in [-0.2, -0.15) is 0 Å². The van der Waals surface area contributed by atoms with Crippen molar-refractivity contribution in [2.45, 2.75) is 20.3 Å². The van der Waals surface area contributed by atoms with Crippen molar-refractivity contribution in [2.75, 3.05) is 6.54 Å². The molecule has 0 saturated carbocycles. The minimum atomic E-state index is 0.630. The van der Waals surface area contributed by atoms with E-state index < -0.39 is 0 Å². The number of benzene rings is 1. The molecule has 0 spiro atoms. The molecule has 3 rings (SSSR count). The summed E-state index contributed by atoms with van der Waals surface area (Å²) in [6, 6.07) is 4.26. The first-order valence-electron chi connectivity index (χ1n) is 6.29. The molecule has 0 aliphatic carbocycles. The zero-order valence-electron chi connectivity index (χ0n) is 11.0. The van der Waals surface area contributed by atoms with Crippen LogP contribution >= 0.6 is 11.3 Å². The second kappa shape index (κ2) is 4.75. The van der Waals surface area contributed by atoms with Gasteiger partial charge in [-0.15, -0.1) is 11.3 Å². The van der Waals surface area contributed by atoms with E-state index in [-0.39, 0.29) is 0 Å². The lowest BCUT2D eigenvalue weighted by atomic mass is 10.1. The van der Waals surface area contributed by atoms with Crippen LogP contribution in [0.15, 0.2) is 17.5 Å². The standard InChI is InChI=1S/C14H16N4S/c1-8-5-9(2)13-10(6-8)17-14(18-13)11-7-19-12(16-11)3-4-15/h5-7H,3-4,15H2,1-2H3,(H,17,18). The molecule has 4 nitrogen and oxygen atoms in total. The van der Waals surface area contributed by atoms with Gasteiger partial charge in [0, 0.05) is 11.8 Å². The maximum absolute atomic E-state index is 5.55. The van der Waals surface area contributed by atoms with Crippen molar-refractivity contribution >= 4 is 22.4 Å². The highest BCUT2D eigenvalue weighted by Gasteiger charge is 2.10. The Morgan fingerprint density at radius 1 is 1.26 bits per heavy atom. The van der Waals surface area contributed by atoms with Crippen LogP contribution in [0.1, 0.15) is 16.1 Å². The molecule has 0 fully saturated rings. The molecule has 3 aromatic rings. The normalized spacial score (nSPS) is 11.3. The third kappa shape index (κ3) is 2.27. The molecule has 0 unspecified atom stereocenters. The number of hydrogen-bond donors (Lipinski definition) is 2. The number of aromatic amines is 1. The minimum absolute atomic E-state index is 0.630. The lowest BCUT2D eigenvalue weighted by Crippen LogP contribution is -2.02. The predicted octanol–water partition coefficient (Wildman–Crippen LogP) is 2.80. The topological polar surface area (TPSA) is 67.6 Å². The number of thiazole rings is 1. The van der Waals surface area contributed by atoms with Crippen LogP contribution in [0, 0.1) is 13.8 Å². The highest BCUT2D eigenvalue weighted by Crippen LogP contribution is 2.25. The Morgan fingerprint density at radius 2 is 2.11 bits per heavy atom. The van der Waals surface area contributed by atoms with Crippen LogP contribution in [0.3, 0.4) is 0 Å². The van der Waals surface area contributed by atoms with Gasteiger partial charge in [0.2, 0.25) is 0 Å². The molecule has 0 amide bonds. The Labute approximate surface area is 115 Å². The van der Waals surface area contributed by atoms with Gasteiger partial charge in [-0.3, -0.25) is 0 Å². The average molecular weight is 272 g/mol. The number of aromatic nitrogens is 3. The highest BCUT2D eigenvalue weighted by molar-refractivity contribution is 7.09. The molecule has 0 saturated heterocycles. The molecular weight excluding hydrogens is 256 g/mol. The summed E-state index contributed by atoms with van der Waals surface area (Å²) in [6.07, 6.45) is 0.822. The molecule has 0 atom stereocenters. The zero-order chi connectivity index (χ0) is 13.4. The van der Waals surface area contributed by atoms with E-state index in [1.54, 1.807) is 11.3 Å². The fourth-order valence-electron chi connectivity index (χ4n) is 2.25. The molecule has 19 heavy (non-hydrogen) atoms. The molecule has 0 bridgehead atoms. The summed E-state index contributed by atoms with van der Waals surface area (Å²) >= 11 is 1.64. The highest BCUT2D eigenvalue weighted by atomic mass is 32.1. The maximum Gasteiger partial charge on any atom is 0.158 e. The first-order valence-corrected chi connectivity index (χ1v) is 7.17. The molecule has 2 aromatic heterocycles. The smallest absolute Gasteiger partial charge is 0.158 e. The summed E-state index contributed by atoms with van der Waals surface area (Å²) in [6.45, 7) is 4.81. The number of H-pyrrole nitrogens is 1. The molecule has 0 aliphatic rings. The van der Waals surface area contributed by atoms with Crippen molar-refractivity contribution in [3.05, 3.63) is 33.6 Å². The van der Waals surface area contributed by atoms with E-state index in [9.17, 15) is 0 Å². The van der Waals surface area contributed by atoms with Crippen LogP contribution in [-0.2, 0) is 6.42 Å². The molecule has 2 heterocycles. The molecule has 1 aromatic carbocycles. The van der Waals surface area contributed by atoms with Crippen LogP contribution in [0.25, 0.3) is 22.6 Å². The van der Waals surface area contributed by atoms with E-state index in [0.717, 1.165) is 34.0 Å². The first-order chi connectivity index (χ1) is 9.17. The van der Waals surface area contributed by atoms with Crippen molar-refractivity contribution in [2.24, 2.45) is 5.73 Å². The first kappa shape index (κ1) is 12.3. The Kier molecular flexibility index (Phi) is 3.08. The summed E-state index contributed by atoms with van der Waals surface area (Å²) in [5.41, 5.74) is 11.0. The number of nitrogens with one attached hydrogen (secondary N) is 1. The molecule has 0 aliphatic heterocycles. The van der Waals surface area contributed by atoms with E-state index in [1.165, 1.54) is 11.1 Å². The van der Waals surface area contributed by atoms with Gasteiger partial charge in [0.15, 0.2) is 5.82 Å². The lowest BCUT2D eigenvalue weighted by Gasteiger charge is -1.96. The summed E-state index contributed by atoms with van der Waals surface area (Å²) in [5, 5.41) is 3.09. The van der Waals surface area contributed by atoms with Crippen LogP contribution in [0.2, 0.25) is 0 Å². The van der Waals surface area contributed by atoms with E-state index >= 15 is 0 Å². The summed E-state index contributed by atoms with van der Waals surface area (Å²) in [4.78, 5) is 12.6. The van der Waals surface area contributed by atoms with Gasteiger partial charge in [-0.1, -0.05) is 6.07 Å². The summed E-state index contributed by atoms with van der Waals surface area (Å²) < 4.78 is 0. The van der Waals surface area contributed by atoms with E-state index in [2.05, 4.69) is 40.9 Å². The quantitative estimate of drug-likeness (QED) is 0.770. The van der Waals surface area contributed by atoms with Crippen LogP contribution < -0.4 is 5.73 Å².